The number of ether oxygens (including phenoxy) is 2. The highest BCUT2D eigenvalue weighted by Gasteiger charge is 2.10. The van der Waals surface area contributed by atoms with Crippen LogP contribution in [0.15, 0.2) is 48.7 Å². The quantitative estimate of drug-likeness (QED) is 0.736. The summed E-state index contributed by atoms with van der Waals surface area (Å²) in [5.74, 6) is 1.40. The molecule has 0 atom stereocenters. The highest BCUT2D eigenvalue weighted by atomic mass is 16.5. The van der Waals surface area contributed by atoms with Crippen molar-refractivity contribution < 1.29 is 9.47 Å². The summed E-state index contributed by atoms with van der Waals surface area (Å²) in [5, 5.41) is 10.4. The topological polar surface area (TPSA) is 44.2 Å². The van der Waals surface area contributed by atoms with Crippen LogP contribution in [0.1, 0.15) is 11.3 Å². The molecule has 0 radical (unpaired) electrons. The summed E-state index contributed by atoms with van der Waals surface area (Å²) in [7, 11) is 3.26. The zero-order valence-electron chi connectivity index (χ0n) is 12.0. The van der Waals surface area contributed by atoms with Crippen molar-refractivity contribution in [2.24, 2.45) is 0 Å². The molecule has 3 rings (SSSR count). The second-order valence-electron chi connectivity index (χ2n) is 4.75. The van der Waals surface area contributed by atoms with Gasteiger partial charge in [0, 0.05) is 17.2 Å². The van der Waals surface area contributed by atoms with Crippen molar-refractivity contribution in [3.05, 3.63) is 59.9 Å². The van der Waals surface area contributed by atoms with Crippen LogP contribution in [0.3, 0.4) is 0 Å². The fourth-order valence-electron chi connectivity index (χ4n) is 2.39. The van der Waals surface area contributed by atoms with E-state index in [9.17, 15) is 0 Å². The Bertz CT molecular complexity index is 757. The van der Waals surface area contributed by atoms with Gasteiger partial charge in [-0.1, -0.05) is 30.3 Å². The molecular weight excluding hydrogens is 264 g/mol. The minimum atomic E-state index is 0.698. The van der Waals surface area contributed by atoms with E-state index in [1.165, 1.54) is 5.56 Å². The summed E-state index contributed by atoms with van der Waals surface area (Å²) in [6.45, 7) is 0. The molecule has 0 saturated carbocycles. The van der Waals surface area contributed by atoms with Gasteiger partial charge in [0.25, 0.3) is 0 Å². The molecule has 0 spiro atoms. The van der Waals surface area contributed by atoms with Crippen LogP contribution >= 0.6 is 0 Å². The summed E-state index contributed by atoms with van der Waals surface area (Å²) in [6.07, 6.45) is 2.48. The molecule has 3 aromatic rings. The molecule has 0 amide bonds. The first-order valence-corrected chi connectivity index (χ1v) is 6.72. The second kappa shape index (κ2) is 5.79. The lowest BCUT2D eigenvalue weighted by molar-refractivity contribution is 0.356. The van der Waals surface area contributed by atoms with Gasteiger partial charge in [-0.3, -0.25) is 0 Å². The minimum Gasteiger partial charge on any atom is -0.493 e. The van der Waals surface area contributed by atoms with E-state index >= 15 is 0 Å². The van der Waals surface area contributed by atoms with Crippen LogP contribution in [-0.4, -0.2) is 24.4 Å². The highest BCUT2D eigenvalue weighted by Crippen LogP contribution is 2.33. The van der Waals surface area contributed by atoms with E-state index in [0.717, 1.165) is 22.9 Å². The minimum absolute atomic E-state index is 0.698. The van der Waals surface area contributed by atoms with Crippen molar-refractivity contribution in [2.75, 3.05) is 14.2 Å². The van der Waals surface area contributed by atoms with Gasteiger partial charge in [0.15, 0.2) is 11.5 Å². The van der Waals surface area contributed by atoms with Crippen molar-refractivity contribution in [1.82, 2.24) is 10.2 Å². The van der Waals surface area contributed by atoms with Crippen molar-refractivity contribution in [1.29, 1.82) is 0 Å². The van der Waals surface area contributed by atoms with Crippen LogP contribution in [-0.2, 0) is 6.42 Å². The number of fused-ring (bicyclic) bond motifs is 1. The van der Waals surface area contributed by atoms with Crippen LogP contribution in [0.4, 0.5) is 0 Å². The maximum atomic E-state index is 5.38. The van der Waals surface area contributed by atoms with Crippen LogP contribution in [0, 0.1) is 0 Å². The maximum Gasteiger partial charge on any atom is 0.161 e. The third-order valence-electron chi connectivity index (χ3n) is 3.46. The first-order valence-electron chi connectivity index (χ1n) is 6.72. The number of benzene rings is 2. The molecule has 21 heavy (non-hydrogen) atoms. The Kier molecular flexibility index (Phi) is 3.69. The van der Waals surface area contributed by atoms with E-state index in [4.69, 9.17) is 9.47 Å². The maximum absolute atomic E-state index is 5.38. The molecule has 0 aliphatic heterocycles. The Morgan fingerprint density at radius 1 is 0.952 bits per heavy atom. The van der Waals surface area contributed by atoms with Gasteiger partial charge in [-0.05, 0) is 17.7 Å². The standard InChI is InChI=1S/C17H16N2O2/c1-20-16-9-13-11-18-19-15(14(13)10-17(16)21-2)8-12-6-4-3-5-7-12/h3-7,9-11H,8H2,1-2H3. The normalized spacial score (nSPS) is 10.6. The Hall–Kier alpha value is -2.62. The molecule has 0 aliphatic rings. The van der Waals surface area contributed by atoms with Crippen LogP contribution < -0.4 is 9.47 Å². The predicted octanol–water partition coefficient (Wildman–Crippen LogP) is 3.24. The van der Waals surface area contributed by atoms with Crippen LogP contribution in [0.5, 0.6) is 11.5 Å². The summed E-state index contributed by atoms with van der Waals surface area (Å²) in [4.78, 5) is 0. The number of nitrogens with zero attached hydrogens (tertiary/aromatic N) is 2. The number of hydrogen-bond acceptors (Lipinski definition) is 4. The Balaban J connectivity index is 2.10. The summed E-state index contributed by atoms with van der Waals surface area (Å²) >= 11 is 0. The number of aromatic nitrogens is 2. The molecule has 4 heteroatoms. The molecule has 0 aliphatic carbocycles. The van der Waals surface area contributed by atoms with E-state index in [1.54, 1.807) is 20.4 Å². The SMILES string of the molecule is COc1cc2cnnc(Cc3ccccc3)c2cc1OC. The second-order valence-corrected chi connectivity index (χ2v) is 4.75. The fraction of sp³-hybridized carbons (Fsp3) is 0.176. The lowest BCUT2D eigenvalue weighted by atomic mass is 10.0. The average molecular weight is 280 g/mol. The molecule has 106 valence electrons. The first kappa shape index (κ1) is 13.4. The third-order valence-corrected chi connectivity index (χ3v) is 3.46. The lowest BCUT2D eigenvalue weighted by Gasteiger charge is -2.11. The molecular formula is C17H16N2O2. The molecule has 4 nitrogen and oxygen atoms in total. The third kappa shape index (κ3) is 2.65. The summed E-state index contributed by atoms with van der Waals surface area (Å²) in [6, 6.07) is 14.1. The van der Waals surface area contributed by atoms with Gasteiger partial charge in [0.1, 0.15) is 0 Å². The number of rotatable bonds is 4. The molecule has 1 aromatic heterocycles. The Morgan fingerprint density at radius 3 is 2.38 bits per heavy atom. The van der Waals surface area contributed by atoms with Gasteiger partial charge >= 0.3 is 0 Å². The van der Waals surface area contributed by atoms with Gasteiger partial charge in [-0.15, -0.1) is 0 Å². The van der Waals surface area contributed by atoms with Crippen LogP contribution in [0.25, 0.3) is 10.8 Å². The van der Waals surface area contributed by atoms with E-state index in [0.29, 0.717) is 11.5 Å². The molecule has 0 unspecified atom stereocenters. The van der Waals surface area contributed by atoms with Crippen molar-refractivity contribution in [2.45, 2.75) is 6.42 Å². The van der Waals surface area contributed by atoms with E-state index in [-0.39, 0.29) is 0 Å². The van der Waals surface area contributed by atoms with Crippen molar-refractivity contribution in [3.8, 4) is 11.5 Å². The molecule has 0 bridgehead atoms. The summed E-state index contributed by atoms with van der Waals surface area (Å²) in [5.41, 5.74) is 2.13. The molecule has 1 heterocycles. The Morgan fingerprint density at radius 2 is 1.67 bits per heavy atom. The van der Waals surface area contributed by atoms with Gasteiger partial charge in [0.05, 0.1) is 26.1 Å². The number of methoxy groups -OCH3 is 2. The molecule has 0 saturated heterocycles. The predicted molar refractivity (Wildman–Crippen MR) is 81.9 cm³/mol. The molecule has 0 fully saturated rings. The van der Waals surface area contributed by atoms with Gasteiger partial charge in [-0.25, -0.2) is 0 Å². The van der Waals surface area contributed by atoms with Crippen molar-refractivity contribution in [3.63, 3.8) is 0 Å². The largest absolute Gasteiger partial charge is 0.493 e. The smallest absolute Gasteiger partial charge is 0.161 e. The van der Waals surface area contributed by atoms with Gasteiger partial charge in [-0.2, -0.15) is 10.2 Å². The monoisotopic (exact) mass is 280 g/mol. The van der Waals surface area contributed by atoms with Crippen LogP contribution in [0.2, 0.25) is 0 Å². The molecule has 0 N–H and O–H groups in total. The first-order chi connectivity index (χ1) is 10.3. The fourth-order valence-corrected chi connectivity index (χ4v) is 2.39. The zero-order chi connectivity index (χ0) is 14.7. The van der Waals surface area contributed by atoms with Gasteiger partial charge in [0.2, 0.25) is 0 Å². The van der Waals surface area contributed by atoms with E-state index in [2.05, 4.69) is 22.3 Å². The van der Waals surface area contributed by atoms with E-state index < -0.39 is 0 Å². The number of hydrogen-bond donors (Lipinski definition) is 0. The highest BCUT2D eigenvalue weighted by molar-refractivity contribution is 5.87. The van der Waals surface area contributed by atoms with Gasteiger partial charge < -0.3 is 9.47 Å². The van der Waals surface area contributed by atoms with Crippen molar-refractivity contribution >= 4 is 10.8 Å². The lowest BCUT2D eigenvalue weighted by Crippen LogP contribution is -1.98. The average Bonchev–Trinajstić information content (AvgIpc) is 2.55. The Labute approximate surface area is 123 Å². The van der Waals surface area contributed by atoms with E-state index in [1.807, 2.05) is 30.3 Å². The summed E-state index contributed by atoms with van der Waals surface area (Å²) < 4.78 is 10.7. The zero-order valence-corrected chi connectivity index (χ0v) is 12.0. The molecule has 2 aromatic carbocycles.